The van der Waals surface area contributed by atoms with E-state index < -0.39 is 0 Å². The van der Waals surface area contributed by atoms with Gasteiger partial charge in [-0.15, -0.1) is 0 Å². The van der Waals surface area contributed by atoms with E-state index in [0.29, 0.717) is 28.2 Å². The van der Waals surface area contributed by atoms with Gasteiger partial charge < -0.3 is 10.6 Å². The zero-order chi connectivity index (χ0) is 19.2. The Bertz CT molecular complexity index is 983. The van der Waals surface area contributed by atoms with Crippen molar-refractivity contribution in [2.24, 2.45) is 0 Å². The van der Waals surface area contributed by atoms with Gasteiger partial charge in [-0.3, -0.25) is 14.4 Å². The van der Waals surface area contributed by atoms with Crippen LogP contribution in [0.1, 0.15) is 38.0 Å². The Balaban J connectivity index is 1.70. The summed E-state index contributed by atoms with van der Waals surface area (Å²) in [5.74, 6) is -0.265. The van der Waals surface area contributed by atoms with E-state index >= 15 is 0 Å². The number of nitrogens with one attached hydrogen (secondary N) is 2. The minimum Gasteiger partial charge on any atom is -0.322 e. The Hall–Kier alpha value is -3.80. The fourth-order valence-corrected chi connectivity index (χ4v) is 2.42. The second-order valence-electron chi connectivity index (χ2n) is 5.84. The van der Waals surface area contributed by atoms with E-state index in [9.17, 15) is 14.4 Å². The van der Waals surface area contributed by atoms with Gasteiger partial charge >= 0.3 is 0 Å². The molecule has 1 aromatic heterocycles. The van der Waals surface area contributed by atoms with E-state index in [1.165, 1.54) is 6.92 Å². The lowest BCUT2D eigenvalue weighted by molar-refractivity contribution is 0.100. The number of pyridine rings is 1. The topological polar surface area (TPSA) is 88.2 Å². The molecule has 0 aliphatic heterocycles. The third-order valence-electron chi connectivity index (χ3n) is 3.84. The summed E-state index contributed by atoms with van der Waals surface area (Å²) in [5.41, 5.74) is 1.85. The molecule has 0 unspecified atom stereocenters. The van der Waals surface area contributed by atoms with Crippen molar-refractivity contribution in [3.05, 3.63) is 89.6 Å². The molecule has 0 aliphatic carbocycles. The highest BCUT2D eigenvalue weighted by molar-refractivity contribution is 6.07. The fourth-order valence-electron chi connectivity index (χ4n) is 2.42. The van der Waals surface area contributed by atoms with Gasteiger partial charge in [-0.2, -0.15) is 0 Å². The predicted octanol–water partition coefficient (Wildman–Crippen LogP) is 3.79. The molecule has 2 N–H and O–H groups in total. The molecule has 0 radical (unpaired) electrons. The first-order valence-corrected chi connectivity index (χ1v) is 8.28. The van der Waals surface area contributed by atoms with Crippen LogP contribution in [-0.4, -0.2) is 22.6 Å². The quantitative estimate of drug-likeness (QED) is 0.679. The maximum atomic E-state index is 12.4. The van der Waals surface area contributed by atoms with E-state index in [-0.39, 0.29) is 17.6 Å². The molecule has 2 amide bonds. The third kappa shape index (κ3) is 4.64. The lowest BCUT2D eigenvalue weighted by atomic mass is 10.1. The number of rotatable bonds is 5. The van der Waals surface area contributed by atoms with Crippen molar-refractivity contribution in [1.29, 1.82) is 0 Å². The Labute approximate surface area is 156 Å². The molecule has 6 nitrogen and oxygen atoms in total. The van der Waals surface area contributed by atoms with Gasteiger partial charge in [-0.1, -0.05) is 24.3 Å². The normalized spacial score (nSPS) is 10.1. The Morgan fingerprint density at radius 2 is 1.44 bits per heavy atom. The van der Waals surface area contributed by atoms with Crippen LogP contribution in [0, 0.1) is 0 Å². The summed E-state index contributed by atoms with van der Waals surface area (Å²) in [7, 11) is 0. The smallest absolute Gasteiger partial charge is 0.256 e. The number of aromatic nitrogens is 1. The van der Waals surface area contributed by atoms with E-state index in [4.69, 9.17) is 0 Å². The summed E-state index contributed by atoms with van der Waals surface area (Å²) in [6.07, 6.45) is 1.59. The molecule has 0 saturated carbocycles. The SMILES string of the molecule is CC(=O)c1ccc(C(=O)Nc2cccc(C(=O)Nc3ccccn3)c2)cc1. The third-order valence-corrected chi connectivity index (χ3v) is 3.84. The summed E-state index contributed by atoms with van der Waals surface area (Å²) in [6.45, 7) is 1.47. The minimum atomic E-state index is -0.326. The molecule has 0 bridgehead atoms. The van der Waals surface area contributed by atoms with Crippen LogP contribution < -0.4 is 10.6 Å². The van der Waals surface area contributed by atoms with Crippen LogP contribution in [0.15, 0.2) is 72.9 Å². The van der Waals surface area contributed by atoms with Gasteiger partial charge in [0, 0.05) is 28.6 Å². The highest BCUT2D eigenvalue weighted by Crippen LogP contribution is 2.14. The van der Waals surface area contributed by atoms with Crippen molar-refractivity contribution in [3.8, 4) is 0 Å². The number of carbonyl (C=O) groups excluding carboxylic acids is 3. The van der Waals surface area contributed by atoms with Crippen LogP contribution in [-0.2, 0) is 0 Å². The molecular weight excluding hydrogens is 342 g/mol. The standard InChI is InChI=1S/C21H17N3O3/c1-14(25)15-8-10-16(11-9-15)20(26)23-18-6-4-5-17(13-18)21(27)24-19-7-2-3-12-22-19/h2-13H,1H3,(H,23,26)(H,22,24,27). The second kappa shape index (κ2) is 8.05. The molecule has 3 aromatic rings. The molecule has 0 atom stereocenters. The lowest BCUT2D eigenvalue weighted by Gasteiger charge is -2.08. The van der Waals surface area contributed by atoms with E-state index in [2.05, 4.69) is 15.6 Å². The average molecular weight is 359 g/mol. The van der Waals surface area contributed by atoms with Crippen molar-refractivity contribution in [1.82, 2.24) is 4.98 Å². The van der Waals surface area contributed by atoms with E-state index in [1.54, 1.807) is 72.9 Å². The van der Waals surface area contributed by atoms with Crippen LogP contribution in [0.4, 0.5) is 11.5 Å². The minimum absolute atomic E-state index is 0.0615. The van der Waals surface area contributed by atoms with Gasteiger partial charge in [-0.25, -0.2) is 4.98 Å². The van der Waals surface area contributed by atoms with Crippen molar-refractivity contribution < 1.29 is 14.4 Å². The van der Waals surface area contributed by atoms with Crippen molar-refractivity contribution >= 4 is 29.1 Å². The summed E-state index contributed by atoms with van der Waals surface area (Å²) in [6, 6.07) is 18.2. The molecule has 2 aromatic carbocycles. The Kier molecular flexibility index (Phi) is 5.37. The molecule has 1 heterocycles. The molecule has 0 saturated heterocycles. The number of hydrogen-bond donors (Lipinski definition) is 2. The van der Waals surface area contributed by atoms with Gasteiger partial charge in [-0.05, 0) is 49.4 Å². The first-order chi connectivity index (χ1) is 13.0. The zero-order valence-corrected chi connectivity index (χ0v) is 14.6. The summed E-state index contributed by atoms with van der Waals surface area (Å²) in [4.78, 5) is 40.0. The second-order valence-corrected chi connectivity index (χ2v) is 5.84. The molecule has 0 fully saturated rings. The monoisotopic (exact) mass is 359 g/mol. The zero-order valence-electron chi connectivity index (χ0n) is 14.6. The van der Waals surface area contributed by atoms with Gasteiger partial charge in [0.15, 0.2) is 5.78 Å². The summed E-state index contributed by atoms with van der Waals surface area (Å²) in [5, 5.41) is 5.44. The number of anilines is 2. The summed E-state index contributed by atoms with van der Waals surface area (Å²) >= 11 is 0. The number of nitrogens with zero attached hydrogens (tertiary/aromatic N) is 1. The fraction of sp³-hybridized carbons (Fsp3) is 0.0476. The highest BCUT2D eigenvalue weighted by Gasteiger charge is 2.10. The van der Waals surface area contributed by atoms with Gasteiger partial charge in [0.25, 0.3) is 11.8 Å². The van der Waals surface area contributed by atoms with Gasteiger partial charge in [0.05, 0.1) is 0 Å². The van der Waals surface area contributed by atoms with Crippen molar-refractivity contribution in [2.75, 3.05) is 10.6 Å². The molecule has 0 aliphatic rings. The Morgan fingerprint density at radius 3 is 2.11 bits per heavy atom. The highest BCUT2D eigenvalue weighted by atomic mass is 16.2. The number of benzene rings is 2. The number of Topliss-reactive ketones (excluding diaryl/α,β-unsaturated/α-hetero) is 1. The summed E-state index contributed by atoms with van der Waals surface area (Å²) < 4.78 is 0. The number of carbonyl (C=O) groups is 3. The van der Waals surface area contributed by atoms with Crippen molar-refractivity contribution in [3.63, 3.8) is 0 Å². The Morgan fingerprint density at radius 1 is 0.741 bits per heavy atom. The maximum absolute atomic E-state index is 12.4. The molecular formula is C21H17N3O3. The van der Waals surface area contributed by atoms with E-state index in [0.717, 1.165) is 0 Å². The number of ketones is 1. The van der Waals surface area contributed by atoms with Crippen LogP contribution in [0.25, 0.3) is 0 Å². The number of amides is 2. The van der Waals surface area contributed by atoms with Crippen molar-refractivity contribution in [2.45, 2.75) is 6.92 Å². The molecule has 3 rings (SSSR count). The van der Waals surface area contributed by atoms with Gasteiger partial charge in [0.2, 0.25) is 0 Å². The molecule has 27 heavy (non-hydrogen) atoms. The number of hydrogen-bond acceptors (Lipinski definition) is 4. The van der Waals surface area contributed by atoms with Crippen LogP contribution >= 0.6 is 0 Å². The largest absolute Gasteiger partial charge is 0.322 e. The first-order valence-electron chi connectivity index (χ1n) is 8.28. The molecule has 134 valence electrons. The predicted molar refractivity (Wildman–Crippen MR) is 103 cm³/mol. The van der Waals surface area contributed by atoms with Crippen LogP contribution in [0.5, 0.6) is 0 Å². The average Bonchev–Trinajstić information content (AvgIpc) is 2.69. The maximum Gasteiger partial charge on any atom is 0.256 e. The lowest BCUT2D eigenvalue weighted by Crippen LogP contribution is -2.15. The molecule has 0 spiro atoms. The van der Waals surface area contributed by atoms with Crippen LogP contribution in [0.2, 0.25) is 0 Å². The molecule has 6 heteroatoms. The van der Waals surface area contributed by atoms with Gasteiger partial charge in [0.1, 0.15) is 5.82 Å². The van der Waals surface area contributed by atoms with Crippen LogP contribution in [0.3, 0.4) is 0 Å². The van der Waals surface area contributed by atoms with E-state index in [1.807, 2.05) is 0 Å². The first kappa shape index (κ1) is 18.0.